The van der Waals surface area contributed by atoms with Gasteiger partial charge in [-0.1, -0.05) is 24.3 Å². The largest absolute Gasteiger partial charge is 0.459 e. The summed E-state index contributed by atoms with van der Waals surface area (Å²) >= 11 is 0. The molecule has 22 heavy (non-hydrogen) atoms. The molecular weight excluding hydrogens is 276 g/mol. The Kier molecular flexibility index (Phi) is 4.19. The number of benzene rings is 2. The maximum atomic E-state index is 5.68. The second-order valence-electron chi connectivity index (χ2n) is 6.00. The molecule has 0 bridgehead atoms. The minimum absolute atomic E-state index is 0.0159. The second-order valence-corrected chi connectivity index (χ2v) is 6.00. The van der Waals surface area contributed by atoms with Crippen LogP contribution in [0.2, 0.25) is 0 Å². The van der Waals surface area contributed by atoms with E-state index in [0.717, 1.165) is 12.2 Å². The summed E-state index contributed by atoms with van der Waals surface area (Å²) in [7, 11) is 0. The van der Waals surface area contributed by atoms with Crippen molar-refractivity contribution in [3.05, 3.63) is 64.2 Å². The highest BCUT2D eigenvalue weighted by molar-refractivity contribution is 5.41. The van der Waals surface area contributed by atoms with Gasteiger partial charge in [0.25, 0.3) is 6.29 Å². The smallest absolute Gasteiger partial charge is 0.259 e. The average Bonchev–Trinajstić information content (AvgIpc) is 2.53. The molecule has 0 aromatic heterocycles. The number of hydrogen-bond donors (Lipinski definition) is 0. The molecule has 3 heteroatoms. The molecule has 2 aromatic carbocycles. The van der Waals surface area contributed by atoms with Crippen LogP contribution in [0.3, 0.4) is 0 Å². The zero-order chi connectivity index (χ0) is 15.7. The van der Waals surface area contributed by atoms with Gasteiger partial charge in [0.2, 0.25) is 0 Å². The molecular formula is C19H22O3. The summed E-state index contributed by atoms with van der Waals surface area (Å²) in [5, 5.41) is 0. The predicted octanol–water partition coefficient (Wildman–Crippen LogP) is 4.26. The minimum Gasteiger partial charge on any atom is -0.459 e. The lowest BCUT2D eigenvalue weighted by molar-refractivity contribution is -0.500. The number of hydrogen-bond acceptors (Lipinski definition) is 3. The Bertz CT molecular complexity index is 661. The Balaban J connectivity index is 1.69. The van der Waals surface area contributed by atoms with Gasteiger partial charge in [-0.2, -0.15) is 4.89 Å². The number of aryl methyl sites for hydroxylation is 1. The van der Waals surface area contributed by atoms with Crippen molar-refractivity contribution in [1.29, 1.82) is 0 Å². The summed E-state index contributed by atoms with van der Waals surface area (Å²) < 4.78 is 5.68. The van der Waals surface area contributed by atoms with Crippen molar-refractivity contribution in [3.63, 3.8) is 0 Å². The van der Waals surface area contributed by atoms with Crippen molar-refractivity contribution >= 4 is 0 Å². The molecule has 1 fully saturated rings. The summed E-state index contributed by atoms with van der Waals surface area (Å²) in [6.45, 7) is 8.47. The molecule has 0 spiro atoms. The Morgan fingerprint density at radius 2 is 1.64 bits per heavy atom. The summed E-state index contributed by atoms with van der Waals surface area (Å²) in [6.07, 6.45) is 0.623. The van der Waals surface area contributed by atoms with E-state index in [4.69, 9.17) is 14.5 Å². The molecule has 2 aromatic rings. The summed E-state index contributed by atoms with van der Waals surface area (Å²) in [5.74, 6) is 0.806. The van der Waals surface area contributed by atoms with Crippen LogP contribution in [0.25, 0.3) is 0 Å². The SMILES string of the molecule is Cc1ccc(Cc2ccc(OC3OOC3C)cc2)c(C)c1C. The third kappa shape index (κ3) is 3.01. The lowest BCUT2D eigenvalue weighted by Crippen LogP contribution is -2.44. The first kappa shape index (κ1) is 15.1. The van der Waals surface area contributed by atoms with Gasteiger partial charge < -0.3 is 4.74 Å². The van der Waals surface area contributed by atoms with Crippen LogP contribution < -0.4 is 4.74 Å². The molecule has 0 radical (unpaired) electrons. The van der Waals surface area contributed by atoms with Gasteiger partial charge in [0.05, 0.1) is 0 Å². The first-order chi connectivity index (χ1) is 10.5. The van der Waals surface area contributed by atoms with E-state index in [9.17, 15) is 0 Å². The van der Waals surface area contributed by atoms with Crippen LogP contribution in [0, 0.1) is 20.8 Å². The van der Waals surface area contributed by atoms with E-state index in [0.29, 0.717) is 0 Å². The molecule has 2 atom stereocenters. The van der Waals surface area contributed by atoms with Crippen molar-refractivity contribution in [3.8, 4) is 5.75 Å². The molecule has 0 N–H and O–H groups in total. The van der Waals surface area contributed by atoms with Crippen LogP contribution in [0.1, 0.15) is 34.7 Å². The van der Waals surface area contributed by atoms with Crippen LogP contribution in [0.4, 0.5) is 0 Å². The van der Waals surface area contributed by atoms with E-state index in [2.05, 4.69) is 45.0 Å². The zero-order valence-electron chi connectivity index (χ0n) is 13.6. The normalized spacial score (nSPS) is 20.5. The van der Waals surface area contributed by atoms with Crippen LogP contribution in [0.5, 0.6) is 5.75 Å². The fourth-order valence-electron chi connectivity index (χ4n) is 2.57. The Morgan fingerprint density at radius 3 is 2.23 bits per heavy atom. The first-order valence-electron chi connectivity index (χ1n) is 7.68. The van der Waals surface area contributed by atoms with Crippen molar-refractivity contribution in [2.45, 2.75) is 46.5 Å². The van der Waals surface area contributed by atoms with Gasteiger partial charge in [-0.05, 0) is 74.1 Å². The van der Waals surface area contributed by atoms with Crippen LogP contribution in [-0.2, 0) is 16.2 Å². The van der Waals surface area contributed by atoms with Gasteiger partial charge in [0, 0.05) is 0 Å². The van der Waals surface area contributed by atoms with E-state index in [1.807, 2.05) is 19.1 Å². The zero-order valence-corrected chi connectivity index (χ0v) is 13.6. The highest BCUT2D eigenvalue weighted by Gasteiger charge is 2.32. The molecule has 1 saturated heterocycles. The summed E-state index contributed by atoms with van der Waals surface area (Å²) in [4.78, 5) is 9.72. The Hall–Kier alpha value is -1.84. The highest BCUT2D eigenvalue weighted by atomic mass is 17.3. The van der Waals surface area contributed by atoms with E-state index in [-0.39, 0.29) is 12.4 Å². The van der Waals surface area contributed by atoms with Gasteiger partial charge in [0.15, 0.2) is 6.10 Å². The van der Waals surface area contributed by atoms with Crippen molar-refractivity contribution < 1.29 is 14.5 Å². The number of ether oxygens (including phenoxy) is 1. The average molecular weight is 298 g/mol. The van der Waals surface area contributed by atoms with Gasteiger partial charge in [-0.25, -0.2) is 4.89 Å². The van der Waals surface area contributed by atoms with Gasteiger partial charge in [0.1, 0.15) is 5.75 Å². The molecule has 0 aliphatic carbocycles. The van der Waals surface area contributed by atoms with Crippen molar-refractivity contribution in [2.75, 3.05) is 0 Å². The fourth-order valence-corrected chi connectivity index (χ4v) is 2.57. The summed E-state index contributed by atoms with van der Waals surface area (Å²) in [5.41, 5.74) is 6.77. The minimum atomic E-state index is -0.298. The molecule has 1 heterocycles. The maximum Gasteiger partial charge on any atom is 0.259 e. The van der Waals surface area contributed by atoms with Gasteiger partial charge in [-0.3, -0.25) is 0 Å². The monoisotopic (exact) mass is 298 g/mol. The molecule has 0 saturated carbocycles. The van der Waals surface area contributed by atoms with E-state index in [1.165, 1.54) is 27.8 Å². The van der Waals surface area contributed by atoms with Gasteiger partial charge >= 0.3 is 0 Å². The molecule has 2 unspecified atom stereocenters. The summed E-state index contributed by atoms with van der Waals surface area (Å²) in [6, 6.07) is 12.6. The first-order valence-corrected chi connectivity index (χ1v) is 7.68. The van der Waals surface area contributed by atoms with E-state index >= 15 is 0 Å². The van der Waals surface area contributed by atoms with Crippen molar-refractivity contribution in [1.82, 2.24) is 0 Å². The molecule has 3 nitrogen and oxygen atoms in total. The quantitative estimate of drug-likeness (QED) is 0.789. The van der Waals surface area contributed by atoms with E-state index in [1.54, 1.807) is 0 Å². The molecule has 1 aliphatic heterocycles. The van der Waals surface area contributed by atoms with Crippen LogP contribution >= 0.6 is 0 Å². The second kappa shape index (κ2) is 6.11. The molecule has 0 amide bonds. The van der Waals surface area contributed by atoms with Crippen molar-refractivity contribution in [2.24, 2.45) is 0 Å². The number of rotatable bonds is 4. The molecule has 1 aliphatic rings. The standard InChI is InChI=1S/C19H22O3/c1-12-5-8-17(14(3)13(12)2)11-16-6-9-18(10-7-16)20-19-15(4)21-22-19/h5-10,15,19H,11H2,1-4H3. The van der Waals surface area contributed by atoms with Crippen LogP contribution in [0.15, 0.2) is 36.4 Å². The predicted molar refractivity (Wildman–Crippen MR) is 85.9 cm³/mol. The topological polar surface area (TPSA) is 27.7 Å². The van der Waals surface area contributed by atoms with Gasteiger partial charge in [-0.15, -0.1) is 0 Å². The Morgan fingerprint density at radius 1 is 0.909 bits per heavy atom. The molecule has 3 rings (SSSR count). The highest BCUT2D eigenvalue weighted by Crippen LogP contribution is 2.24. The third-order valence-corrected chi connectivity index (χ3v) is 4.43. The lowest BCUT2D eigenvalue weighted by Gasteiger charge is -2.31. The van der Waals surface area contributed by atoms with Crippen LogP contribution in [-0.4, -0.2) is 12.4 Å². The maximum absolute atomic E-state index is 5.68. The Labute approximate surface area is 131 Å². The van der Waals surface area contributed by atoms with E-state index < -0.39 is 0 Å². The third-order valence-electron chi connectivity index (χ3n) is 4.43. The lowest BCUT2D eigenvalue weighted by atomic mass is 9.94. The molecule has 116 valence electrons. The fraction of sp³-hybridized carbons (Fsp3) is 0.368.